The number of rotatable bonds is 2. The topological polar surface area (TPSA) is 18.5 Å². The van der Waals surface area contributed by atoms with Gasteiger partial charge in [0.25, 0.3) is 0 Å². The van der Waals surface area contributed by atoms with Crippen LogP contribution in [0.5, 0.6) is 0 Å². The van der Waals surface area contributed by atoms with Gasteiger partial charge in [0.15, 0.2) is 5.11 Å². The number of hydrogen-bond acceptors (Lipinski definition) is 2. The van der Waals surface area contributed by atoms with Gasteiger partial charge in [-0.2, -0.15) is 0 Å². The highest BCUT2D eigenvalue weighted by atomic mass is 32.1. The zero-order valence-corrected chi connectivity index (χ0v) is 10.1. The summed E-state index contributed by atoms with van der Waals surface area (Å²) < 4.78 is 0. The summed E-state index contributed by atoms with van der Waals surface area (Å²) in [6, 6.07) is 0. The molecule has 0 bridgehead atoms. The third-order valence-corrected chi connectivity index (χ3v) is 2.94. The minimum absolute atomic E-state index is 0.933. The maximum Gasteiger partial charge on any atom is 0.168 e. The van der Waals surface area contributed by atoms with Crippen LogP contribution >= 0.6 is 12.2 Å². The van der Waals surface area contributed by atoms with Gasteiger partial charge in [0.05, 0.1) is 0 Å². The third-order valence-electron chi connectivity index (χ3n) is 2.53. The van der Waals surface area contributed by atoms with E-state index in [1.54, 1.807) is 0 Å². The van der Waals surface area contributed by atoms with Gasteiger partial charge in [-0.3, -0.25) is 0 Å². The fraction of sp³-hybridized carbons (Fsp3) is 0.900. The van der Waals surface area contributed by atoms with E-state index in [1.165, 1.54) is 13.0 Å². The Labute approximate surface area is 92.4 Å². The van der Waals surface area contributed by atoms with Crippen molar-refractivity contribution in [3.05, 3.63) is 0 Å². The van der Waals surface area contributed by atoms with E-state index in [2.05, 4.69) is 29.1 Å². The minimum atomic E-state index is 0.933. The van der Waals surface area contributed by atoms with Crippen molar-refractivity contribution in [2.45, 2.75) is 19.8 Å². The van der Waals surface area contributed by atoms with Crippen molar-refractivity contribution in [3.63, 3.8) is 0 Å². The SMILES string of the molecule is CCCNC(=S)N1CCCN(C)CC1. The van der Waals surface area contributed by atoms with Crippen molar-refractivity contribution >= 4 is 17.3 Å². The van der Waals surface area contributed by atoms with Gasteiger partial charge in [-0.05, 0) is 38.7 Å². The lowest BCUT2D eigenvalue weighted by Crippen LogP contribution is -2.41. The molecule has 0 radical (unpaired) electrons. The molecule has 0 saturated carbocycles. The quantitative estimate of drug-likeness (QED) is 0.690. The number of likely N-dealkylation sites (N-methyl/N-ethyl adjacent to an activating group) is 1. The molecule has 0 aromatic heterocycles. The van der Waals surface area contributed by atoms with Gasteiger partial charge >= 0.3 is 0 Å². The Morgan fingerprint density at radius 3 is 2.79 bits per heavy atom. The first-order valence-electron chi connectivity index (χ1n) is 5.45. The van der Waals surface area contributed by atoms with Crippen LogP contribution in [0.2, 0.25) is 0 Å². The van der Waals surface area contributed by atoms with Crippen molar-refractivity contribution in [3.8, 4) is 0 Å². The molecule has 0 amide bonds. The second-order valence-corrected chi connectivity index (χ2v) is 4.26. The molecular formula is C10H21N3S. The Morgan fingerprint density at radius 2 is 2.07 bits per heavy atom. The fourth-order valence-corrected chi connectivity index (χ4v) is 1.88. The Hall–Kier alpha value is -0.350. The summed E-state index contributed by atoms with van der Waals surface area (Å²) in [5.74, 6) is 0. The molecule has 0 spiro atoms. The summed E-state index contributed by atoms with van der Waals surface area (Å²) in [5.41, 5.74) is 0. The average molecular weight is 215 g/mol. The monoisotopic (exact) mass is 215 g/mol. The number of nitrogens with one attached hydrogen (secondary N) is 1. The molecule has 14 heavy (non-hydrogen) atoms. The Balaban J connectivity index is 2.31. The molecule has 0 unspecified atom stereocenters. The Bertz CT molecular complexity index is 184. The standard InChI is InChI=1S/C10H21N3S/c1-3-5-11-10(14)13-7-4-6-12(2)8-9-13/h3-9H2,1-2H3,(H,11,14). The van der Waals surface area contributed by atoms with Gasteiger partial charge in [-0.1, -0.05) is 6.92 Å². The van der Waals surface area contributed by atoms with Crippen LogP contribution in [-0.2, 0) is 0 Å². The normalized spacial score (nSPS) is 19.1. The third kappa shape index (κ3) is 3.80. The zero-order chi connectivity index (χ0) is 10.4. The van der Waals surface area contributed by atoms with E-state index in [9.17, 15) is 0 Å². The maximum atomic E-state index is 5.33. The molecule has 1 heterocycles. The molecule has 1 rings (SSSR count). The first-order valence-corrected chi connectivity index (χ1v) is 5.86. The number of nitrogens with zero attached hydrogens (tertiary/aromatic N) is 2. The van der Waals surface area contributed by atoms with Crippen LogP contribution in [0.3, 0.4) is 0 Å². The van der Waals surface area contributed by atoms with Crippen LogP contribution in [0.25, 0.3) is 0 Å². The van der Waals surface area contributed by atoms with Gasteiger partial charge in [-0.25, -0.2) is 0 Å². The Morgan fingerprint density at radius 1 is 1.29 bits per heavy atom. The van der Waals surface area contributed by atoms with E-state index in [0.29, 0.717) is 0 Å². The molecule has 4 heteroatoms. The van der Waals surface area contributed by atoms with Crippen molar-refractivity contribution in [2.75, 3.05) is 39.8 Å². The minimum Gasteiger partial charge on any atom is -0.363 e. The van der Waals surface area contributed by atoms with Crippen molar-refractivity contribution in [2.24, 2.45) is 0 Å². The number of thiocarbonyl (C=S) groups is 1. The van der Waals surface area contributed by atoms with Gasteiger partial charge in [-0.15, -0.1) is 0 Å². The molecule has 3 nitrogen and oxygen atoms in total. The molecule has 1 saturated heterocycles. The summed E-state index contributed by atoms with van der Waals surface area (Å²) in [7, 11) is 2.17. The largest absolute Gasteiger partial charge is 0.363 e. The molecule has 1 fully saturated rings. The smallest absolute Gasteiger partial charge is 0.168 e. The van der Waals surface area contributed by atoms with E-state index in [0.717, 1.165) is 37.7 Å². The second kappa shape index (κ2) is 6.19. The van der Waals surface area contributed by atoms with Crippen LogP contribution in [0.4, 0.5) is 0 Å². The van der Waals surface area contributed by atoms with Gasteiger partial charge in [0.1, 0.15) is 0 Å². The molecule has 0 aromatic rings. The van der Waals surface area contributed by atoms with E-state index >= 15 is 0 Å². The molecule has 82 valence electrons. The lowest BCUT2D eigenvalue weighted by Gasteiger charge is -2.23. The average Bonchev–Trinajstić information content (AvgIpc) is 2.39. The summed E-state index contributed by atoms with van der Waals surface area (Å²) in [6.45, 7) is 7.61. The predicted molar refractivity (Wildman–Crippen MR) is 64.6 cm³/mol. The van der Waals surface area contributed by atoms with Crippen molar-refractivity contribution < 1.29 is 0 Å². The zero-order valence-electron chi connectivity index (χ0n) is 9.25. The highest BCUT2D eigenvalue weighted by Gasteiger charge is 2.13. The molecule has 0 aromatic carbocycles. The van der Waals surface area contributed by atoms with Gasteiger partial charge in [0.2, 0.25) is 0 Å². The van der Waals surface area contributed by atoms with E-state index < -0.39 is 0 Å². The molecule has 1 N–H and O–H groups in total. The van der Waals surface area contributed by atoms with Crippen LogP contribution in [0.1, 0.15) is 19.8 Å². The summed E-state index contributed by atoms with van der Waals surface area (Å²) >= 11 is 5.33. The van der Waals surface area contributed by atoms with E-state index in [4.69, 9.17) is 12.2 Å². The van der Waals surface area contributed by atoms with Crippen molar-refractivity contribution in [1.82, 2.24) is 15.1 Å². The van der Waals surface area contributed by atoms with Crippen LogP contribution in [-0.4, -0.2) is 54.7 Å². The molecule has 0 aliphatic carbocycles. The lowest BCUT2D eigenvalue weighted by molar-refractivity contribution is 0.345. The summed E-state index contributed by atoms with van der Waals surface area (Å²) in [5, 5.41) is 4.22. The highest BCUT2D eigenvalue weighted by molar-refractivity contribution is 7.80. The Kier molecular flexibility index (Phi) is 5.19. The molecule has 1 aliphatic rings. The van der Waals surface area contributed by atoms with Crippen molar-refractivity contribution in [1.29, 1.82) is 0 Å². The van der Waals surface area contributed by atoms with Gasteiger partial charge < -0.3 is 15.1 Å². The lowest BCUT2D eigenvalue weighted by atomic mass is 10.4. The van der Waals surface area contributed by atoms with Crippen LogP contribution < -0.4 is 5.32 Å². The first-order chi connectivity index (χ1) is 6.74. The summed E-state index contributed by atoms with van der Waals surface area (Å²) in [4.78, 5) is 4.65. The molecule has 1 aliphatic heterocycles. The van der Waals surface area contributed by atoms with Crippen LogP contribution in [0.15, 0.2) is 0 Å². The fourth-order valence-electron chi connectivity index (χ4n) is 1.59. The molecule has 0 atom stereocenters. The first kappa shape index (κ1) is 11.7. The molecular weight excluding hydrogens is 194 g/mol. The predicted octanol–water partition coefficient (Wildman–Crippen LogP) is 0.908. The maximum absolute atomic E-state index is 5.33. The van der Waals surface area contributed by atoms with E-state index in [1.807, 2.05) is 0 Å². The highest BCUT2D eigenvalue weighted by Crippen LogP contribution is 2.01. The van der Waals surface area contributed by atoms with E-state index in [-0.39, 0.29) is 0 Å². The van der Waals surface area contributed by atoms with Crippen LogP contribution in [0, 0.1) is 0 Å². The summed E-state index contributed by atoms with van der Waals surface area (Å²) in [6.07, 6.45) is 2.35. The van der Waals surface area contributed by atoms with Gasteiger partial charge in [0, 0.05) is 26.2 Å². The number of hydrogen-bond donors (Lipinski definition) is 1. The second-order valence-electron chi connectivity index (χ2n) is 3.88.